The van der Waals surface area contributed by atoms with Gasteiger partial charge in [-0.1, -0.05) is 13.8 Å². The van der Waals surface area contributed by atoms with E-state index in [1.165, 1.54) is 12.3 Å². The zero-order chi connectivity index (χ0) is 9.56. The van der Waals surface area contributed by atoms with Crippen molar-refractivity contribution in [2.24, 2.45) is 0 Å². The summed E-state index contributed by atoms with van der Waals surface area (Å²) in [5, 5.41) is 10.1. The number of rotatable bonds is 1. The van der Waals surface area contributed by atoms with Crippen LogP contribution in [0.2, 0.25) is 0 Å². The predicted molar refractivity (Wildman–Crippen MR) is 47.0 cm³/mol. The van der Waals surface area contributed by atoms with Crippen LogP contribution < -0.4 is 0 Å². The van der Waals surface area contributed by atoms with Gasteiger partial charge in [-0.15, -0.1) is 0 Å². The van der Waals surface area contributed by atoms with Gasteiger partial charge in [0.15, 0.2) is 0 Å². The van der Waals surface area contributed by atoms with Crippen LogP contribution in [0.15, 0.2) is 18.3 Å². The molecule has 1 rings (SSSR count). The van der Waals surface area contributed by atoms with E-state index in [-0.39, 0.29) is 5.82 Å². The fourth-order valence-electron chi connectivity index (χ4n) is 0.568. The first-order valence-electron chi connectivity index (χ1n) is 3.77. The van der Waals surface area contributed by atoms with Gasteiger partial charge in [-0.05, 0) is 28.5 Å². The van der Waals surface area contributed by atoms with Gasteiger partial charge in [0.2, 0.25) is 0 Å². The van der Waals surface area contributed by atoms with Gasteiger partial charge < -0.3 is 10.1 Å². The maximum atomic E-state index is 10.1. The van der Waals surface area contributed by atoms with E-state index in [1.807, 2.05) is 20.8 Å². The molecule has 0 saturated heterocycles. The topological polar surface area (TPSA) is 56.0 Å². The summed E-state index contributed by atoms with van der Waals surface area (Å²) in [4.78, 5) is 13.1. The van der Waals surface area contributed by atoms with E-state index < -0.39 is 4.92 Å². The summed E-state index contributed by atoms with van der Waals surface area (Å²) in [5.41, 5.74) is 0.922. The molecule has 66 valence electrons. The number of nitrogens with zero attached hydrogens (tertiary/aromatic N) is 2. The molecule has 12 heavy (non-hydrogen) atoms. The van der Waals surface area contributed by atoms with Crippen LogP contribution in [0.4, 0.5) is 5.82 Å². The number of hydrogen-bond acceptors (Lipinski definition) is 3. The Labute approximate surface area is 71.4 Å². The number of aryl methyl sites for hydroxylation is 1. The number of hydrogen-bond donors (Lipinski definition) is 0. The van der Waals surface area contributed by atoms with Crippen molar-refractivity contribution in [1.82, 2.24) is 4.98 Å². The molecular weight excluding hydrogens is 156 g/mol. The van der Waals surface area contributed by atoms with Gasteiger partial charge in [0.05, 0.1) is 0 Å². The maximum Gasteiger partial charge on any atom is 0.363 e. The van der Waals surface area contributed by atoms with Crippen LogP contribution in [-0.4, -0.2) is 9.91 Å². The Balaban J connectivity index is 0.000000561. The molecule has 0 bridgehead atoms. The van der Waals surface area contributed by atoms with Crippen molar-refractivity contribution in [1.29, 1.82) is 0 Å². The Kier molecular flexibility index (Phi) is 4.60. The summed E-state index contributed by atoms with van der Waals surface area (Å²) in [6, 6.07) is 3.04. The molecule has 0 aliphatic heterocycles. The second kappa shape index (κ2) is 5.23. The van der Waals surface area contributed by atoms with Crippen molar-refractivity contribution in [3.8, 4) is 0 Å². The van der Waals surface area contributed by atoms with Crippen molar-refractivity contribution >= 4 is 5.82 Å². The zero-order valence-corrected chi connectivity index (χ0v) is 7.44. The second-order valence-corrected chi connectivity index (χ2v) is 1.95. The molecule has 0 saturated carbocycles. The third-order valence-electron chi connectivity index (χ3n) is 1.08. The summed E-state index contributed by atoms with van der Waals surface area (Å²) in [7, 11) is 0. The highest BCUT2D eigenvalue weighted by Gasteiger charge is 2.02. The molecule has 0 atom stereocenters. The molecule has 0 fully saturated rings. The Hall–Kier alpha value is -1.45. The molecule has 0 N–H and O–H groups in total. The van der Waals surface area contributed by atoms with E-state index in [2.05, 4.69) is 4.98 Å². The lowest BCUT2D eigenvalue weighted by molar-refractivity contribution is -0.389. The predicted octanol–water partition coefficient (Wildman–Crippen LogP) is 2.32. The highest BCUT2D eigenvalue weighted by Crippen LogP contribution is 2.05. The molecule has 0 aromatic carbocycles. The highest BCUT2D eigenvalue weighted by atomic mass is 16.6. The first-order chi connectivity index (χ1) is 5.70. The van der Waals surface area contributed by atoms with Crippen LogP contribution in [0.5, 0.6) is 0 Å². The van der Waals surface area contributed by atoms with Crippen molar-refractivity contribution < 1.29 is 4.92 Å². The fraction of sp³-hybridized carbons (Fsp3) is 0.375. The molecule has 1 heterocycles. The summed E-state index contributed by atoms with van der Waals surface area (Å²) < 4.78 is 0. The lowest BCUT2D eigenvalue weighted by Gasteiger charge is -1.89. The molecule has 0 aliphatic rings. The Bertz CT molecular complexity index is 244. The summed E-state index contributed by atoms with van der Waals surface area (Å²) in [5.74, 6) is -0.106. The van der Waals surface area contributed by atoms with Crippen molar-refractivity contribution in [2.45, 2.75) is 20.8 Å². The van der Waals surface area contributed by atoms with Gasteiger partial charge in [-0.2, -0.15) is 0 Å². The van der Waals surface area contributed by atoms with Crippen molar-refractivity contribution in [2.75, 3.05) is 0 Å². The van der Waals surface area contributed by atoms with E-state index in [0.717, 1.165) is 5.56 Å². The van der Waals surface area contributed by atoms with Crippen LogP contribution in [0.3, 0.4) is 0 Å². The molecular formula is C8H12N2O2. The molecule has 0 amide bonds. The van der Waals surface area contributed by atoms with E-state index in [1.54, 1.807) is 6.07 Å². The van der Waals surface area contributed by atoms with Crippen molar-refractivity contribution in [3.05, 3.63) is 34.0 Å². The first-order valence-corrected chi connectivity index (χ1v) is 3.77. The average molecular weight is 168 g/mol. The first kappa shape index (κ1) is 10.6. The van der Waals surface area contributed by atoms with Crippen LogP contribution in [0.25, 0.3) is 0 Å². The van der Waals surface area contributed by atoms with E-state index in [9.17, 15) is 10.1 Å². The molecule has 0 aliphatic carbocycles. The summed E-state index contributed by atoms with van der Waals surface area (Å²) >= 11 is 0. The Morgan fingerprint density at radius 2 is 2.00 bits per heavy atom. The number of pyridine rings is 1. The van der Waals surface area contributed by atoms with Gasteiger partial charge in [-0.25, -0.2) is 0 Å². The quantitative estimate of drug-likeness (QED) is 0.477. The normalized spacial score (nSPS) is 8.25. The van der Waals surface area contributed by atoms with Crippen molar-refractivity contribution in [3.63, 3.8) is 0 Å². The SMILES string of the molecule is CC.Cc1ccc([N+](=O)[O-])nc1. The lowest BCUT2D eigenvalue weighted by atomic mass is 10.3. The smallest absolute Gasteiger partial charge is 0.358 e. The minimum Gasteiger partial charge on any atom is -0.358 e. The Morgan fingerprint density at radius 3 is 2.33 bits per heavy atom. The average Bonchev–Trinajstić information content (AvgIpc) is 2.09. The summed E-state index contributed by atoms with van der Waals surface area (Å²) in [6.45, 7) is 5.83. The van der Waals surface area contributed by atoms with Crippen LogP contribution >= 0.6 is 0 Å². The molecule has 0 radical (unpaired) electrons. The molecule has 0 spiro atoms. The highest BCUT2D eigenvalue weighted by molar-refractivity contribution is 5.21. The van der Waals surface area contributed by atoms with Crippen LogP contribution in [0.1, 0.15) is 19.4 Å². The molecule has 4 nitrogen and oxygen atoms in total. The molecule has 0 unspecified atom stereocenters. The van der Waals surface area contributed by atoms with E-state index in [0.29, 0.717) is 0 Å². The molecule has 1 aromatic heterocycles. The lowest BCUT2D eigenvalue weighted by Crippen LogP contribution is -1.90. The standard InChI is InChI=1S/C6H6N2O2.C2H6/c1-5-2-3-6(7-4-5)8(9)10;1-2/h2-4H,1H3;1-2H3. The van der Waals surface area contributed by atoms with E-state index in [4.69, 9.17) is 0 Å². The van der Waals surface area contributed by atoms with Gasteiger partial charge in [-0.3, -0.25) is 0 Å². The van der Waals surface area contributed by atoms with Gasteiger partial charge in [0.1, 0.15) is 6.20 Å². The largest absolute Gasteiger partial charge is 0.363 e. The van der Waals surface area contributed by atoms with Crippen LogP contribution in [-0.2, 0) is 0 Å². The maximum absolute atomic E-state index is 10.1. The third-order valence-corrected chi connectivity index (χ3v) is 1.08. The van der Waals surface area contributed by atoms with Gasteiger partial charge in [0.25, 0.3) is 0 Å². The Morgan fingerprint density at radius 1 is 1.42 bits per heavy atom. The van der Waals surface area contributed by atoms with Crippen LogP contribution in [0, 0.1) is 17.0 Å². The van der Waals surface area contributed by atoms with Gasteiger partial charge >= 0.3 is 5.82 Å². The van der Waals surface area contributed by atoms with E-state index >= 15 is 0 Å². The number of nitro groups is 1. The second-order valence-electron chi connectivity index (χ2n) is 1.95. The minimum absolute atomic E-state index is 0.106. The molecule has 1 aromatic rings. The minimum atomic E-state index is -0.514. The monoisotopic (exact) mass is 168 g/mol. The fourth-order valence-corrected chi connectivity index (χ4v) is 0.568. The zero-order valence-electron chi connectivity index (χ0n) is 7.44. The third kappa shape index (κ3) is 3.09. The summed E-state index contributed by atoms with van der Waals surface area (Å²) in [6.07, 6.45) is 1.47. The molecule has 4 heteroatoms. The number of aromatic nitrogens is 1. The van der Waals surface area contributed by atoms with Gasteiger partial charge in [0, 0.05) is 6.07 Å².